The maximum absolute atomic E-state index is 12.7. The van der Waals surface area contributed by atoms with Crippen molar-refractivity contribution in [3.8, 4) is 0 Å². The van der Waals surface area contributed by atoms with Crippen LogP contribution >= 0.6 is 0 Å². The highest BCUT2D eigenvalue weighted by molar-refractivity contribution is 6.36. The monoisotopic (exact) mass is 284 g/mol. The fourth-order valence-electron chi connectivity index (χ4n) is 2.60. The smallest absolute Gasteiger partial charge is 0.420 e. The lowest BCUT2D eigenvalue weighted by Gasteiger charge is -2.33. The third-order valence-corrected chi connectivity index (χ3v) is 4.53. The number of nitrogens with zero attached hydrogens (tertiary/aromatic N) is 1. The molecule has 0 spiro atoms. The summed E-state index contributed by atoms with van der Waals surface area (Å²) >= 11 is 0. The third kappa shape index (κ3) is 2.64. The van der Waals surface area contributed by atoms with Crippen LogP contribution in [0.4, 0.5) is 4.79 Å². The Balaban J connectivity index is 3.16. The van der Waals surface area contributed by atoms with Gasteiger partial charge in [0.15, 0.2) is 0 Å². The van der Waals surface area contributed by atoms with Gasteiger partial charge in [-0.15, -0.1) is 0 Å². The first-order chi connectivity index (χ1) is 9.24. The zero-order valence-electron chi connectivity index (χ0n) is 13.2. The summed E-state index contributed by atoms with van der Waals surface area (Å²) in [5, 5.41) is 0. The zero-order chi connectivity index (χ0) is 15.6. The quantitative estimate of drug-likeness (QED) is 0.588. The molecule has 5 nitrogen and oxygen atoms in total. The average Bonchev–Trinajstić information content (AvgIpc) is 2.80. The number of rotatable bonds is 4. The van der Waals surface area contributed by atoms with E-state index < -0.39 is 27.7 Å². The van der Waals surface area contributed by atoms with Gasteiger partial charge in [-0.3, -0.25) is 4.79 Å². The number of imide groups is 1. The summed E-state index contributed by atoms with van der Waals surface area (Å²) in [5.41, 5.74) is -0.739. The highest BCUT2D eigenvalue weighted by Gasteiger charge is 2.58. The number of amides is 2. The van der Waals surface area contributed by atoms with Crippen molar-refractivity contribution in [2.24, 2.45) is 5.41 Å². The molecule has 0 aliphatic carbocycles. The Labute approximate surface area is 120 Å². The van der Waals surface area contributed by atoms with Gasteiger partial charge in [-0.05, 0) is 20.3 Å². The molecule has 20 heavy (non-hydrogen) atoms. The lowest BCUT2D eigenvalue weighted by Crippen LogP contribution is -2.63. The van der Waals surface area contributed by atoms with Gasteiger partial charge in [-0.2, -0.15) is 9.28 Å². The molecule has 2 amide bonds. The highest BCUT2D eigenvalue weighted by Crippen LogP contribution is 2.32. The molecule has 1 heterocycles. The first-order valence-corrected chi connectivity index (χ1v) is 7.38. The van der Waals surface area contributed by atoms with Gasteiger partial charge in [0, 0.05) is 18.3 Å². The number of ether oxygens (including phenoxy) is 1. The summed E-state index contributed by atoms with van der Waals surface area (Å²) < 4.78 is 4.62. The molecule has 1 fully saturated rings. The van der Waals surface area contributed by atoms with Crippen LogP contribution < -0.4 is 0 Å². The topological polar surface area (TPSA) is 60.4 Å². The van der Waals surface area contributed by atoms with E-state index in [1.165, 1.54) is 0 Å². The zero-order valence-corrected chi connectivity index (χ0v) is 13.2. The first kappa shape index (κ1) is 16.8. The van der Waals surface area contributed by atoms with Crippen molar-refractivity contribution < 1.29 is 23.6 Å². The van der Waals surface area contributed by atoms with Crippen molar-refractivity contribution in [2.45, 2.75) is 59.9 Å². The van der Waals surface area contributed by atoms with Crippen LogP contribution in [0.3, 0.4) is 0 Å². The molecule has 1 aliphatic heterocycles. The third-order valence-electron chi connectivity index (χ3n) is 4.53. The molecule has 2 atom stereocenters. The lowest BCUT2D eigenvalue weighted by atomic mass is 9.84. The number of likely N-dealkylation sites (tertiary alicyclic amines) is 1. The minimum atomic E-state index is -0.739. The van der Waals surface area contributed by atoms with Gasteiger partial charge < -0.3 is 4.74 Å². The summed E-state index contributed by atoms with van der Waals surface area (Å²) in [6, 6.07) is -0.196. The standard InChI is InChI=1S/C15H26NO4/c1-6-15(4,5)12(17)13(18)16(14(19)20-7-2)10-8-9-11(16)3/h11H,6-10H2,1-5H3/q+1/t11-,16?/m1/s1. The number of hydrogen-bond acceptors (Lipinski definition) is 4. The van der Waals surface area contributed by atoms with Gasteiger partial charge in [-0.1, -0.05) is 20.8 Å². The Morgan fingerprint density at radius 2 is 1.85 bits per heavy atom. The van der Waals surface area contributed by atoms with Crippen LogP contribution in [-0.2, 0) is 14.3 Å². The molecule has 1 aliphatic rings. The molecule has 114 valence electrons. The van der Waals surface area contributed by atoms with Crippen molar-refractivity contribution in [1.82, 2.24) is 0 Å². The highest BCUT2D eigenvalue weighted by atomic mass is 16.6. The lowest BCUT2D eigenvalue weighted by molar-refractivity contribution is -0.789. The van der Waals surface area contributed by atoms with Crippen LogP contribution in [-0.4, -0.2) is 41.5 Å². The molecule has 1 rings (SSSR count). The van der Waals surface area contributed by atoms with Crippen molar-refractivity contribution in [3.63, 3.8) is 0 Å². The Hall–Kier alpha value is -1.23. The maximum Gasteiger partial charge on any atom is 0.524 e. The van der Waals surface area contributed by atoms with E-state index in [0.717, 1.165) is 12.8 Å². The van der Waals surface area contributed by atoms with Gasteiger partial charge >= 0.3 is 12.0 Å². The summed E-state index contributed by atoms with van der Waals surface area (Å²) in [6.07, 6.45) is 1.49. The maximum atomic E-state index is 12.7. The fourth-order valence-corrected chi connectivity index (χ4v) is 2.60. The largest absolute Gasteiger partial charge is 0.524 e. The number of carbonyl (C=O) groups excluding carboxylic acids is 3. The summed E-state index contributed by atoms with van der Waals surface area (Å²) in [4.78, 5) is 37.5. The second-order valence-corrected chi connectivity index (χ2v) is 6.15. The van der Waals surface area contributed by atoms with Crippen LogP contribution in [0.1, 0.15) is 53.9 Å². The fraction of sp³-hybridized carbons (Fsp3) is 0.800. The number of hydrogen-bond donors (Lipinski definition) is 0. The van der Waals surface area contributed by atoms with Crippen LogP contribution in [0.15, 0.2) is 0 Å². The molecule has 0 aromatic heterocycles. The van der Waals surface area contributed by atoms with Crippen molar-refractivity contribution in [2.75, 3.05) is 13.2 Å². The van der Waals surface area contributed by atoms with Crippen molar-refractivity contribution >= 4 is 17.8 Å². The van der Waals surface area contributed by atoms with E-state index in [-0.39, 0.29) is 12.6 Å². The van der Waals surface area contributed by atoms with E-state index in [9.17, 15) is 14.4 Å². The SMILES string of the molecule is CCOC(=O)[N+]1(C(=O)C(=O)C(C)(C)CC)CCC[C@H]1C. The number of carbonyl (C=O) groups is 3. The molecule has 0 aromatic rings. The van der Waals surface area contributed by atoms with Crippen LogP contribution in [0.5, 0.6) is 0 Å². The molecule has 1 unspecified atom stereocenters. The van der Waals surface area contributed by atoms with Crippen molar-refractivity contribution in [3.05, 3.63) is 0 Å². The summed E-state index contributed by atoms with van der Waals surface area (Å²) in [7, 11) is 0. The van der Waals surface area contributed by atoms with Crippen LogP contribution in [0, 0.1) is 5.41 Å². The van der Waals surface area contributed by atoms with Crippen molar-refractivity contribution in [1.29, 1.82) is 0 Å². The predicted molar refractivity (Wildman–Crippen MR) is 74.9 cm³/mol. The second kappa shape index (κ2) is 6.04. The van der Waals surface area contributed by atoms with E-state index in [1.807, 2.05) is 13.8 Å². The molecular weight excluding hydrogens is 258 g/mol. The van der Waals surface area contributed by atoms with Crippen LogP contribution in [0.25, 0.3) is 0 Å². The normalized spacial score (nSPS) is 26.4. The molecule has 0 N–H and O–H groups in total. The molecule has 0 radical (unpaired) electrons. The van der Waals surface area contributed by atoms with E-state index in [2.05, 4.69) is 0 Å². The van der Waals surface area contributed by atoms with E-state index in [0.29, 0.717) is 13.0 Å². The van der Waals surface area contributed by atoms with E-state index >= 15 is 0 Å². The Bertz CT molecular complexity index is 416. The Morgan fingerprint density at radius 3 is 2.25 bits per heavy atom. The Kier molecular flexibility index (Phi) is 5.08. The molecule has 5 heteroatoms. The van der Waals surface area contributed by atoms with Gasteiger partial charge in [-0.25, -0.2) is 4.79 Å². The molecule has 0 bridgehead atoms. The van der Waals surface area contributed by atoms with Gasteiger partial charge in [0.2, 0.25) is 0 Å². The summed E-state index contributed by atoms with van der Waals surface area (Å²) in [6.45, 7) is 9.48. The van der Waals surface area contributed by atoms with Gasteiger partial charge in [0.25, 0.3) is 5.78 Å². The summed E-state index contributed by atoms with van der Waals surface area (Å²) in [5.74, 6) is -1.08. The van der Waals surface area contributed by atoms with Gasteiger partial charge in [0.1, 0.15) is 6.04 Å². The van der Waals surface area contributed by atoms with Gasteiger partial charge in [0.05, 0.1) is 13.2 Å². The van der Waals surface area contributed by atoms with E-state index in [4.69, 9.17) is 4.74 Å². The second-order valence-electron chi connectivity index (χ2n) is 6.15. The molecule has 0 saturated carbocycles. The number of quaternary nitrogens is 1. The first-order valence-electron chi connectivity index (χ1n) is 7.38. The number of ketones is 1. The minimum Gasteiger partial charge on any atom is -0.420 e. The van der Waals surface area contributed by atoms with E-state index in [1.54, 1.807) is 20.8 Å². The molecule has 0 aromatic carbocycles. The number of Topliss-reactive ketones (excluding diaryl/α,β-unsaturated/α-hetero) is 1. The minimum absolute atomic E-state index is 0.196. The Morgan fingerprint density at radius 1 is 1.25 bits per heavy atom. The van der Waals surface area contributed by atoms with Crippen LogP contribution in [0.2, 0.25) is 0 Å². The molecular formula is C15H26NO4+. The molecule has 1 saturated heterocycles. The predicted octanol–water partition coefficient (Wildman–Crippen LogP) is 2.67. The average molecular weight is 284 g/mol.